The number of hydrogen-bond donors (Lipinski definition) is 1. The zero-order chi connectivity index (χ0) is 14.5. The second-order valence-electron chi connectivity index (χ2n) is 5.92. The van der Waals surface area contributed by atoms with Gasteiger partial charge in [-0.2, -0.15) is 0 Å². The van der Waals surface area contributed by atoms with Crippen LogP contribution in [0.2, 0.25) is 0 Å². The average molecular weight is 274 g/mol. The van der Waals surface area contributed by atoms with Gasteiger partial charge in [0.15, 0.2) is 11.5 Å². The molecule has 2 heteroatoms. The number of rotatable bonds is 5. The lowest BCUT2D eigenvalue weighted by molar-refractivity contribution is 0.303. The fourth-order valence-corrected chi connectivity index (χ4v) is 3.21. The van der Waals surface area contributed by atoms with Crippen LogP contribution in [0.5, 0.6) is 11.5 Å². The van der Waals surface area contributed by atoms with Gasteiger partial charge < -0.3 is 9.84 Å². The van der Waals surface area contributed by atoms with E-state index < -0.39 is 0 Å². The van der Waals surface area contributed by atoms with Gasteiger partial charge in [-0.3, -0.25) is 0 Å². The van der Waals surface area contributed by atoms with Gasteiger partial charge in [0.1, 0.15) is 0 Å². The Morgan fingerprint density at radius 3 is 2.90 bits per heavy atom. The summed E-state index contributed by atoms with van der Waals surface area (Å²) in [4.78, 5) is 0. The third-order valence-corrected chi connectivity index (χ3v) is 4.60. The second-order valence-corrected chi connectivity index (χ2v) is 5.92. The van der Waals surface area contributed by atoms with Gasteiger partial charge in [0.2, 0.25) is 0 Å². The number of phenols is 1. The topological polar surface area (TPSA) is 29.5 Å². The number of phenolic OH excluding ortho intramolecular Hbond substituents is 1. The molecular formula is C18H26O2. The molecule has 0 radical (unpaired) electrons. The molecule has 2 unspecified atom stereocenters. The number of aromatic hydroxyl groups is 1. The number of benzene rings is 1. The van der Waals surface area contributed by atoms with Gasteiger partial charge in [0, 0.05) is 0 Å². The zero-order valence-corrected chi connectivity index (χ0v) is 12.9. The summed E-state index contributed by atoms with van der Waals surface area (Å²) >= 11 is 0. The molecule has 110 valence electrons. The Balaban J connectivity index is 2.06. The molecule has 1 N–H and O–H groups in total. The van der Waals surface area contributed by atoms with Gasteiger partial charge in [-0.05, 0) is 74.1 Å². The average Bonchev–Trinajstić information content (AvgIpc) is 2.46. The van der Waals surface area contributed by atoms with E-state index in [0.717, 1.165) is 24.7 Å². The van der Waals surface area contributed by atoms with Crippen molar-refractivity contribution in [3.63, 3.8) is 0 Å². The maximum Gasteiger partial charge on any atom is 0.160 e. The second kappa shape index (κ2) is 6.83. The zero-order valence-electron chi connectivity index (χ0n) is 12.9. The van der Waals surface area contributed by atoms with Crippen LogP contribution >= 0.6 is 0 Å². The van der Waals surface area contributed by atoms with Gasteiger partial charge in [0.05, 0.1) is 7.11 Å². The SMILES string of the molecule is C/C=C/CCC(C)C1CCc2cc(O)c(OC)cc2C1. The predicted molar refractivity (Wildman–Crippen MR) is 83.4 cm³/mol. The van der Waals surface area contributed by atoms with Crippen molar-refractivity contribution in [3.8, 4) is 11.5 Å². The van der Waals surface area contributed by atoms with Crippen LogP contribution < -0.4 is 4.74 Å². The van der Waals surface area contributed by atoms with Gasteiger partial charge in [-0.1, -0.05) is 19.1 Å². The van der Waals surface area contributed by atoms with E-state index >= 15 is 0 Å². The molecule has 0 fully saturated rings. The molecule has 0 aliphatic heterocycles. The minimum Gasteiger partial charge on any atom is -0.504 e. The molecule has 2 nitrogen and oxygen atoms in total. The summed E-state index contributed by atoms with van der Waals surface area (Å²) < 4.78 is 5.23. The highest BCUT2D eigenvalue weighted by molar-refractivity contribution is 5.47. The third kappa shape index (κ3) is 3.36. The van der Waals surface area contributed by atoms with Crippen molar-refractivity contribution in [3.05, 3.63) is 35.4 Å². The Kier molecular flexibility index (Phi) is 5.11. The lowest BCUT2D eigenvalue weighted by atomic mass is 9.76. The number of fused-ring (bicyclic) bond motifs is 1. The predicted octanol–water partition coefficient (Wildman–Crippen LogP) is 4.50. The molecule has 0 saturated heterocycles. The van der Waals surface area contributed by atoms with Crippen molar-refractivity contribution < 1.29 is 9.84 Å². The molecule has 0 aromatic heterocycles. The number of hydrogen-bond acceptors (Lipinski definition) is 2. The highest BCUT2D eigenvalue weighted by Crippen LogP contribution is 2.37. The fourth-order valence-electron chi connectivity index (χ4n) is 3.21. The normalized spacial score (nSPS) is 19.9. The molecule has 0 bridgehead atoms. The van der Waals surface area contributed by atoms with Crippen molar-refractivity contribution in [1.82, 2.24) is 0 Å². The molecule has 0 saturated carbocycles. The van der Waals surface area contributed by atoms with E-state index in [1.807, 2.05) is 12.1 Å². The van der Waals surface area contributed by atoms with Crippen LogP contribution in [0.4, 0.5) is 0 Å². The van der Waals surface area contributed by atoms with Gasteiger partial charge in [0.25, 0.3) is 0 Å². The van der Waals surface area contributed by atoms with E-state index in [4.69, 9.17) is 4.74 Å². The molecule has 0 spiro atoms. The summed E-state index contributed by atoms with van der Waals surface area (Å²) in [6.07, 6.45) is 10.3. The molecule has 0 heterocycles. The van der Waals surface area contributed by atoms with Crippen LogP contribution in [0, 0.1) is 11.8 Å². The Hall–Kier alpha value is -1.44. The third-order valence-electron chi connectivity index (χ3n) is 4.60. The van der Waals surface area contributed by atoms with E-state index in [2.05, 4.69) is 26.0 Å². The molecular weight excluding hydrogens is 248 g/mol. The number of allylic oxidation sites excluding steroid dienone is 2. The first-order chi connectivity index (χ1) is 9.65. The maximum atomic E-state index is 9.85. The summed E-state index contributed by atoms with van der Waals surface area (Å²) in [5, 5.41) is 9.85. The molecule has 1 aliphatic rings. The molecule has 1 aromatic carbocycles. The van der Waals surface area contributed by atoms with Crippen molar-refractivity contribution in [2.75, 3.05) is 7.11 Å². The standard InChI is InChI=1S/C18H26O2/c1-4-5-6-7-13(2)14-8-9-15-11-17(19)18(20-3)12-16(15)10-14/h4-5,11-14,19H,6-10H2,1-3H3/b5-4+. The first kappa shape index (κ1) is 15.0. The summed E-state index contributed by atoms with van der Waals surface area (Å²) in [5.41, 5.74) is 2.65. The van der Waals surface area contributed by atoms with Crippen molar-refractivity contribution in [2.45, 2.75) is 46.0 Å². The monoisotopic (exact) mass is 274 g/mol. The summed E-state index contributed by atoms with van der Waals surface area (Å²) in [6.45, 7) is 4.46. The largest absolute Gasteiger partial charge is 0.504 e. The lowest BCUT2D eigenvalue weighted by Crippen LogP contribution is -2.20. The number of methoxy groups -OCH3 is 1. The van der Waals surface area contributed by atoms with Crippen molar-refractivity contribution >= 4 is 0 Å². The first-order valence-electron chi connectivity index (χ1n) is 7.65. The first-order valence-corrected chi connectivity index (χ1v) is 7.65. The van der Waals surface area contributed by atoms with Gasteiger partial charge >= 0.3 is 0 Å². The van der Waals surface area contributed by atoms with Crippen LogP contribution in [-0.4, -0.2) is 12.2 Å². The fraction of sp³-hybridized carbons (Fsp3) is 0.556. The minimum absolute atomic E-state index is 0.269. The summed E-state index contributed by atoms with van der Waals surface area (Å²) in [7, 11) is 1.61. The Bertz CT molecular complexity index is 477. The van der Waals surface area contributed by atoms with E-state index in [0.29, 0.717) is 5.75 Å². The molecule has 1 aliphatic carbocycles. The highest BCUT2D eigenvalue weighted by atomic mass is 16.5. The summed E-state index contributed by atoms with van der Waals surface area (Å²) in [6, 6.07) is 3.91. The summed E-state index contributed by atoms with van der Waals surface area (Å²) in [5.74, 6) is 2.37. The van der Waals surface area contributed by atoms with Gasteiger partial charge in [-0.25, -0.2) is 0 Å². The van der Waals surface area contributed by atoms with E-state index in [1.165, 1.54) is 30.4 Å². The molecule has 20 heavy (non-hydrogen) atoms. The molecule has 2 atom stereocenters. The highest BCUT2D eigenvalue weighted by Gasteiger charge is 2.24. The van der Waals surface area contributed by atoms with Crippen LogP contribution in [0.15, 0.2) is 24.3 Å². The molecule has 1 aromatic rings. The Labute approximate surface area is 122 Å². The maximum absolute atomic E-state index is 9.85. The minimum atomic E-state index is 0.269. The van der Waals surface area contributed by atoms with Crippen molar-refractivity contribution in [2.24, 2.45) is 11.8 Å². The van der Waals surface area contributed by atoms with Gasteiger partial charge in [-0.15, -0.1) is 0 Å². The van der Waals surface area contributed by atoms with Crippen molar-refractivity contribution in [1.29, 1.82) is 0 Å². The van der Waals surface area contributed by atoms with E-state index in [-0.39, 0.29) is 5.75 Å². The van der Waals surface area contributed by atoms with Crippen LogP contribution in [0.25, 0.3) is 0 Å². The lowest BCUT2D eigenvalue weighted by Gasteiger charge is -2.29. The number of aryl methyl sites for hydroxylation is 1. The quantitative estimate of drug-likeness (QED) is 0.801. The van der Waals surface area contributed by atoms with Crippen LogP contribution in [-0.2, 0) is 12.8 Å². The molecule has 2 rings (SSSR count). The smallest absolute Gasteiger partial charge is 0.160 e. The Morgan fingerprint density at radius 2 is 2.20 bits per heavy atom. The van der Waals surface area contributed by atoms with Crippen LogP contribution in [0.3, 0.4) is 0 Å². The molecule has 0 amide bonds. The van der Waals surface area contributed by atoms with Crippen LogP contribution in [0.1, 0.15) is 44.2 Å². The van der Waals surface area contributed by atoms with E-state index in [1.54, 1.807) is 7.11 Å². The number of ether oxygens (including phenoxy) is 1. The van der Waals surface area contributed by atoms with E-state index in [9.17, 15) is 5.11 Å². The Morgan fingerprint density at radius 1 is 1.40 bits per heavy atom.